The summed E-state index contributed by atoms with van der Waals surface area (Å²) in [6.07, 6.45) is 0.427. The van der Waals surface area contributed by atoms with E-state index in [4.69, 9.17) is 0 Å². The highest BCUT2D eigenvalue weighted by Gasteiger charge is 2.14. The molecule has 0 saturated carbocycles. The number of nitrogens with zero attached hydrogens (tertiary/aromatic N) is 1. The molecular weight excluding hydrogens is 162 g/mol. The Hall–Kier alpha value is -1.39. The number of amides is 2. The summed E-state index contributed by atoms with van der Waals surface area (Å²) in [4.78, 5) is 36.0. The summed E-state index contributed by atoms with van der Waals surface area (Å²) >= 11 is 0. The van der Waals surface area contributed by atoms with Crippen LogP contribution in [0.1, 0.15) is 26.7 Å². The van der Waals surface area contributed by atoms with Gasteiger partial charge in [-0.1, -0.05) is 13.8 Å². The average molecular weight is 173 g/mol. The van der Waals surface area contributed by atoms with Crippen molar-refractivity contribution in [3.05, 3.63) is 0 Å². The van der Waals surface area contributed by atoms with Gasteiger partial charge in [0.05, 0.1) is 0 Å². The maximum Gasteiger partial charge on any atom is 0.332 e. The minimum Gasteiger partial charge on any atom is -0.331 e. The Morgan fingerprint density at radius 3 is 2.25 bits per heavy atom. The van der Waals surface area contributed by atoms with Gasteiger partial charge in [0.15, 0.2) is 0 Å². The molecule has 0 radical (unpaired) electrons. The lowest BCUT2D eigenvalue weighted by molar-refractivity contribution is -0.196. The normalized spacial score (nSPS) is 8.83. The highest BCUT2D eigenvalue weighted by atomic mass is 16.7. The van der Waals surface area contributed by atoms with E-state index in [0.717, 1.165) is 0 Å². The predicted molar refractivity (Wildman–Crippen MR) is 39.6 cm³/mol. The number of rotatable bonds is 3. The number of hydrogen-bond donors (Lipinski definition) is 0. The molecule has 0 aromatic heterocycles. The van der Waals surface area contributed by atoms with Crippen LogP contribution < -0.4 is 0 Å². The first-order valence-corrected chi connectivity index (χ1v) is 3.63. The number of carbonyl (C=O) groups is 3. The second kappa shape index (κ2) is 5.29. The van der Waals surface area contributed by atoms with Crippen molar-refractivity contribution >= 4 is 18.3 Å². The Morgan fingerprint density at radius 1 is 1.33 bits per heavy atom. The maximum absolute atomic E-state index is 10.8. The minimum atomic E-state index is -0.607. The zero-order valence-corrected chi connectivity index (χ0v) is 7.07. The highest BCUT2D eigenvalue weighted by molar-refractivity contribution is 5.86. The third-order valence-corrected chi connectivity index (χ3v) is 1.13. The van der Waals surface area contributed by atoms with Crippen molar-refractivity contribution in [1.82, 2.24) is 5.06 Å². The molecule has 0 aliphatic heterocycles. The molecule has 0 rings (SSSR count). The quantitative estimate of drug-likeness (QED) is 0.453. The van der Waals surface area contributed by atoms with E-state index in [0.29, 0.717) is 5.06 Å². The molecule has 0 N–H and O–H groups in total. The molecule has 0 saturated heterocycles. The van der Waals surface area contributed by atoms with Crippen LogP contribution in [0.25, 0.3) is 0 Å². The molecule has 5 nitrogen and oxygen atoms in total. The second-order valence-corrected chi connectivity index (χ2v) is 2.00. The SMILES string of the molecule is CCC(=O)ON(C=O)C(=O)CC. The molecule has 0 bridgehead atoms. The molecule has 0 aromatic carbocycles. The van der Waals surface area contributed by atoms with Gasteiger partial charge in [-0.3, -0.25) is 9.59 Å². The molecule has 0 atom stereocenters. The van der Waals surface area contributed by atoms with Gasteiger partial charge in [-0.2, -0.15) is 0 Å². The van der Waals surface area contributed by atoms with Gasteiger partial charge in [-0.15, -0.1) is 5.06 Å². The summed E-state index contributed by atoms with van der Waals surface area (Å²) in [5, 5.41) is 0.409. The molecule has 0 aromatic rings. The number of hydrogen-bond acceptors (Lipinski definition) is 4. The number of carbonyl (C=O) groups excluding carboxylic acids is 3. The molecular formula is C7H11NO4. The largest absolute Gasteiger partial charge is 0.332 e. The lowest BCUT2D eigenvalue weighted by Crippen LogP contribution is -2.31. The van der Waals surface area contributed by atoms with Crippen molar-refractivity contribution in [1.29, 1.82) is 0 Å². The van der Waals surface area contributed by atoms with Gasteiger partial charge in [0.2, 0.25) is 0 Å². The molecule has 0 fully saturated rings. The minimum absolute atomic E-state index is 0.121. The summed E-state index contributed by atoms with van der Waals surface area (Å²) in [5.74, 6) is -1.14. The van der Waals surface area contributed by atoms with Crippen molar-refractivity contribution in [3.63, 3.8) is 0 Å². The van der Waals surface area contributed by atoms with Crippen molar-refractivity contribution in [2.24, 2.45) is 0 Å². The first kappa shape index (κ1) is 10.6. The van der Waals surface area contributed by atoms with Crippen LogP contribution in [-0.2, 0) is 19.2 Å². The van der Waals surface area contributed by atoms with Crippen LogP contribution in [0.15, 0.2) is 0 Å². The second-order valence-electron chi connectivity index (χ2n) is 2.00. The maximum atomic E-state index is 10.8. The topological polar surface area (TPSA) is 63.7 Å². The Morgan fingerprint density at radius 2 is 1.92 bits per heavy atom. The van der Waals surface area contributed by atoms with Crippen molar-refractivity contribution < 1.29 is 19.2 Å². The van der Waals surface area contributed by atoms with Crippen LogP contribution in [0.4, 0.5) is 0 Å². The standard InChI is InChI=1S/C7H11NO4/c1-3-6(10)8(5-9)12-7(11)4-2/h5H,3-4H2,1-2H3. The molecule has 5 heteroatoms. The lowest BCUT2D eigenvalue weighted by Gasteiger charge is -2.11. The van der Waals surface area contributed by atoms with Crippen molar-refractivity contribution in [2.75, 3.05) is 0 Å². The van der Waals surface area contributed by atoms with E-state index >= 15 is 0 Å². The zero-order valence-electron chi connectivity index (χ0n) is 7.07. The van der Waals surface area contributed by atoms with Crippen LogP contribution in [0.5, 0.6) is 0 Å². The molecule has 68 valence electrons. The molecule has 0 heterocycles. The Bertz CT molecular complexity index is 190. The van der Waals surface area contributed by atoms with E-state index in [1.807, 2.05) is 0 Å². The Balaban J connectivity index is 4.08. The molecule has 0 unspecified atom stereocenters. The summed E-state index contributed by atoms with van der Waals surface area (Å²) in [6, 6.07) is 0. The summed E-state index contributed by atoms with van der Waals surface area (Å²) in [5.41, 5.74) is 0. The smallest absolute Gasteiger partial charge is 0.331 e. The monoisotopic (exact) mass is 173 g/mol. The molecule has 12 heavy (non-hydrogen) atoms. The molecule has 0 spiro atoms. The average Bonchev–Trinajstić information content (AvgIpc) is 2.12. The Kier molecular flexibility index (Phi) is 4.67. The van der Waals surface area contributed by atoms with E-state index in [9.17, 15) is 14.4 Å². The van der Waals surface area contributed by atoms with Crippen LogP contribution in [0, 0.1) is 0 Å². The fraction of sp³-hybridized carbons (Fsp3) is 0.571. The predicted octanol–water partition coefficient (Wildman–Crippen LogP) is 0.250. The third-order valence-electron chi connectivity index (χ3n) is 1.13. The molecule has 2 amide bonds. The van der Waals surface area contributed by atoms with E-state index in [1.54, 1.807) is 13.8 Å². The first-order chi connectivity index (χ1) is 5.65. The fourth-order valence-corrected chi connectivity index (χ4v) is 0.461. The summed E-state index contributed by atoms with van der Waals surface area (Å²) < 4.78 is 0. The highest BCUT2D eigenvalue weighted by Crippen LogP contribution is 1.94. The molecule has 0 aliphatic carbocycles. The van der Waals surface area contributed by atoms with Crippen molar-refractivity contribution in [3.8, 4) is 0 Å². The fourth-order valence-electron chi connectivity index (χ4n) is 0.461. The first-order valence-electron chi connectivity index (χ1n) is 3.63. The summed E-state index contributed by atoms with van der Waals surface area (Å²) in [7, 11) is 0. The zero-order chi connectivity index (χ0) is 9.56. The van der Waals surface area contributed by atoms with Gasteiger partial charge in [-0.25, -0.2) is 4.79 Å². The van der Waals surface area contributed by atoms with E-state index in [1.165, 1.54) is 0 Å². The van der Waals surface area contributed by atoms with Gasteiger partial charge in [0, 0.05) is 12.8 Å². The van der Waals surface area contributed by atoms with Crippen LogP contribution >= 0.6 is 0 Å². The van der Waals surface area contributed by atoms with Gasteiger partial charge >= 0.3 is 5.97 Å². The van der Waals surface area contributed by atoms with Crippen molar-refractivity contribution in [2.45, 2.75) is 26.7 Å². The van der Waals surface area contributed by atoms with Crippen LogP contribution in [0.3, 0.4) is 0 Å². The van der Waals surface area contributed by atoms with Gasteiger partial charge < -0.3 is 4.84 Å². The van der Waals surface area contributed by atoms with Crippen LogP contribution in [0.2, 0.25) is 0 Å². The number of hydroxylamine groups is 2. The van der Waals surface area contributed by atoms with E-state index in [2.05, 4.69) is 4.84 Å². The summed E-state index contributed by atoms with van der Waals surface area (Å²) in [6.45, 7) is 3.14. The van der Waals surface area contributed by atoms with Gasteiger partial charge in [-0.05, 0) is 0 Å². The van der Waals surface area contributed by atoms with E-state index in [-0.39, 0.29) is 19.3 Å². The van der Waals surface area contributed by atoms with Gasteiger partial charge in [0.1, 0.15) is 0 Å². The lowest BCUT2D eigenvalue weighted by atomic mass is 10.4. The van der Waals surface area contributed by atoms with Crippen LogP contribution in [-0.4, -0.2) is 23.3 Å². The van der Waals surface area contributed by atoms with Gasteiger partial charge in [0.25, 0.3) is 12.3 Å². The number of imide groups is 1. The Labute approximate surface area is 70.2 Å². The van der Waals surface area contributed by atoms with E-state index < -0.39 is 11.9 Å². The molecule has 0 aliphatic rings. The third kappa shape index (κ3) is 3.14.